The van der Waals surface area contributed by atoms with Gasteiger partial charge in [-0.2, -0.15) is 0 Å². The van der Waals surface area contributed by atoms with Crippen molar-refractivity contribution in [1.82, 2.24) is 25.5 Å². The number of aromatic amines is 1. The molecule has 212 valence electrons. The van der Waals surface area contributed by atoms with E-state index in [-0.39, 0.29) is 11.9 Å². The summed E-state index contributed by atoms with van der Waals surface area (Å²) >= 11 is 0. The number of H-pyrrole nitrogens is 1. The molecule has 4 rings (SSSR count). The highest BCUT2D eigenvalue weighted by molar-refractivity contribution is 5.88. The van der Waals surface area contributed by atoms with Gasteiger partial charge in [-0.1, -0.05) is 25.0 Å². The molecule has 2 aromatic rings. The smallest absolute Gasteiger partial charge is 0.315 e. The molecule has 1 saturated heterocycles. The Morgan fingerprint density at radius 2 is 1.87 bits per heavy atom. The fourth-order valence-electron chi connectivity index (χ4n) is 6.02. The van der Waals surface area contributed by atoms with Crippen LogP contribution in [0.25, 0.3) is 0 Å². The first-order valence-electron chi connectivity index (χ1n) is 14.1. The van der Waals surface area contributed by atoms with Crippen LogP contribution >= 0.6 is 0 Å². The van der Waals surface area contributed by atoms with Crippen molar-refractivity contribution >= 4 is 17.9 Å². The number of carbonyl (C=O) groups excluding carboxylic acids is 3. The highest BCUT2D eigenvalue weighted by Crippen LogP contribution is 2.47. The third-order valence-electron chi connectivity index (χ3n) is 8.21. The molecule has 1 atom stereocenters. The molecule has 10 nitrogen and oxygen atoms in total. The summed E-state index contributed by atoms with van der Waals surface area (Å²) in [6, 6.07) is 6.34. The Hall–Kier alpha value is -3.56. The number of ether oxygens (including phenoxy) is 2. The van der Waals surface area contributed by atoms with Gasteiger partial charge in [-0.3, -0.25) is 9.59 Å². The predicted molar refractivity (Wildman–Crippen MR) is 146 cm³/mol. The molecule has 3 N–H and O–H groups in total. The zero-order valence-corrected chi connectivity index (χ0v) is 23.0. The van der Waals surface area contributed by atoms with Crippen LogP contribution in [0.3, 0.4) is 0 Å². The molecule has 1 aliphatic carbocycles. The minimum Gasteiger partial charge on any atom is -0.497 e. The molecule has 2 heterocycles. The van der Waals surface area contributed by atoms with Gasteiger partial charge in [0.15, 0.2) is 0 Å². The van der Waals surface area contributed by atoms with Crippen molar-refractivity contribution in [1.29, 1.82) is 0 Å². The zero-order chi connectivity index (χ0) is 27.7. The first-order chi connectivity index (χ1) is 18.9. The summed E-state index contributed by atoms with van der Waals surface area (Å²) in [6.45, 7) is 3.53. The van der Waals surface area contributed by atoms with Crippen LogP contribution in [0.4, 0.5) is 4.79 Å². The average molecular weight is 540 g/mol. The molecule has 1 aromatic heterocycles. The SMILES string of the molecule is CCOC(=O)C1(C2CCCC2)CCN(C(=O)C(Cc2ccc(OC)cc2)NC(=O)NCCc2c[nH]cn2)CC1. The fraction of sp³-hybridized carbons (Fsp3) is 0.586. The van der Waals surface area contributed by atoms with Gasteiger partial charge in [0.25, 0.3) is 0 Å². The molecule has 10 heteroatoms. The van der Waals surface area contributed by atoms with Crippen molar-refractivity contribution in [3.05, 3.63) is 48.0 Å². The van der Waals surface area contributed by atoms with Crippen LogP contribution < -0.4 is 15.4 Å². The van der Waals surface area contributed by atoms with Gasteiger partial charge in [0.1, 0.15) is 11.8 Å². The molecule has 1 unspecified atom stereocenters. The topological polar surface area (TPSA) is 126 Å². The molecule has 2 aliphatic rings. The summed E-state index contributed by atoms with van der Waals surface area (Å²) in [7, 11) is 1.61. The van der Waals surface area contributed by atoms with Crippen LogP contribution in [0.2, 0.25) is 0 Å². The summed E-state index contributed by atoms with van der Waals surface area (Å²) in [4.78, 5) is 48.6. The predicted octanol–water partition coefficient (Wildman–Crippen LogP) is 3.23. The lowest BCUT2D eigenvalue weighted by molar-refractivity contribution is -0.165. The third-order valence-corrected chi connectivity index (χ3v) is 8.21. The highest BCUT2D eigenvalue weighted by atomic mass is 16.5. The number of rotatable bonds is 11. The van der Waals surface area contributed by atoms with Gasteiger partial charge in [0.2, 0.25) is 5.91 Å². The van der Waals surface area contributed by atoms with E-state index in [0.29, 0.717) is 57.8 Å². The second-order valence-corrected chi connectivity index (χ2v) is 10.5. The van der Waals surface area contributed by atoms with Crippen molar-refractivity contribution < 1.29 is 23.9 Å². The van der Waals surface area contributed by atoms with E-state index >= 15 is 0 Å². The largest absolute Gasteiger partial charge is 0.497 e. The second kappa shape index (κ2) is 13.5. The van der Waals surface area contributed by atoms with Crippen LogP contribution in [-0.2, 0) is 27.2 Å². The molecular formula is C29H41N5O5. The van der Waals surface area contributed by atoms with Gasteiger partial charge in [0.05, 0.1) is 31.2 Å². The van der Waals surface area contributed by atoms with Crippen molar-refractivity contribution in [2.24, 2.45) is 11.3 Å². The molecule has 0 bridgehead atoms. The Morgan fingerprint density at radius 3 is 2.49 bits per heavy atom. The maximum Gasteiger partial charge on any atom is 0.315 e. The number of benzene rings is 1. The number of urea groups is 1. The Kier molecular flexibility index (Phi) is 9.84. The molecular weight excluding hydrogens is 498 g/mol. The number of carbonyl (C=O) groups is 3. The zero-order valence-electron chi connectivity index (χ0n) is 23.0. The third kappa shape index (κ3) is 7.10. The second-order valence-electron chi connectivity index (χ2n) is 10.5. The average Bonchev–Trinajstić information content (AvgIpc) is 3.68. The fourth-order valence-corrected chi connectivity index (χ4v) is 6.02. The summed E-state index contributed by atoms with van der Waals surface area (Å²) < 4.78 is 10.8. The maximum atomic E-state index is 13.8. The summed E-state index contributed by atoms with van der Waals surface area (Å²) in [5.41, 5.74) is 1.24. The quantitative estimate of drug-likeness (QED) is 0.377. The minimum absolute atomic E-state index is 0.117. The lowest BCUT2D eigenvalue weighted by Crippen LogP contribution is -2.56. The Balaban J connectivity index is 1.42. The van der Waals surface area contributed by atoms with Crippen LogP contribution in [0.1, 0.15) is 56.7 Å². The number of hydrogen-bond acceptors (Lipinski definition) is 6. The lowest BCUT2D eigenvalue weighted by Gasteiger charge is -2.44. The van der Waals surface area contributed by atoms with E-state index in [4.69, 9.17) is 9.47 Å². The number of nitrogens with zero attached hydrogens (tertiary/aromatic N) is 2. The molecule has 0 radical (unpaired) electrons. The van der Waals surface area contributed by atoms with Crippen molar-refractivity contribution in [3.8, 4) is 5.75 Å². The van der Waals surface area contributed by atoms with Gasteiger partial charge in [-0.15, -0.1) is 0 Å². The van der Waals surface area contributed by atoms with E-state index in [0.717, 1.165) is 42.7 Å². The number of imidazole rings is 1. The number of piperidine rings is 1. The normalized spacial score (nSPS) is 17.8. The maximum absolute atomic E-state index is 13.8. The van der Waals surface area contributed by atoms with Crippen molar-refractivity contribution in [3.63, 3.8) is 0 Å². The van der Waals surface area contributed by atoms with Gasteiger partial charge in [-0.25, -0.2) is 9.78 Å². The van der Waals surface area contributed by atoms with Crippen LogP contribution in [0.15, 0.2) is 36.8 Å². The van der Waals surface area contributed by atoms with E-state index in [1.54, 1.807) is 24.5 Å². The standard InChI is InChI=1S/C29H41N5O5/c1-3-39-27(36)29(22-6-4-5-7-22)13-16-34(17-14-29)26(35)25(18-21-8-10-24(38-2)11-9-21)33-28(37)31-15-12-23-19-30-20-32-23/h8-11,19-20,22,25H,3-7,12-18H2,1-2H3,(H,30,32)(H2,31,33,37). The van der Waals surface area contributed by atoms with E-state index in [1.165, 1.54) is 0 Å². The molecule has 3 amide bonds. The van der Waals surface area contributed by atoms with Crippen molar-refractivity contribution in [2.45, 2.75) is 64.3 Å². The molecule has 0 spiro atoms. The summed E-state index contributed by atoms with van der Waals surface area (Å²) in [6.07, 6.45) is 9.83. The Bertz CT molecular complexity index is 1070. The molecule has 39 heavy (non-hydrogen) atoms. The number of aromatic nitrogens is 2. The Morgan fingerprint density at radius 1 is 1.15 bits per heavy atom. The van der Waals surface area contributed by atoms with Gasteiger partial charge >= 0.3 is 12.0 Å². The summed E-state index contributed by atoms with van der Waals surface area (Å²) in [5.74, 6) is 0.775. The Labute approximate surface area is 230 Å². The first kappa shape index (κ1) is 28.4. The summed E-state index contributed by atoms with van der Waals surface area (Å²) in [5, 5.41) is 5.73. The number of nitrogens with one attached hydrogen (secondary N) is 3. The van der Waals surface area contributed by atoms with Gasteiger partial charge in [-0.05, 0) is 56.2 Å². The monoisotopic (exact) mass is 539 g/mol. The van der Waals surface area contributed by atoms with Gasteiger partial charge < -0.3 is 30.0 Å². The van der Waals surface area contributed by atoms with Crippen molar-refractivity contribution in [2.75, 3.05) is 33.4 Å². The lowest BCUT2D eigenvalue weighted by atomic mass is 9.67. The number of esters is 1. The molecule has 2 fully saturated rings. The van der Waals surface area contributed by atoms with Crippen LogP contribution in [0, 0.1) is 11.3 Å². The first-order valence-corrected chi connectivity index (χ1v) is 14.1. The highest BCUT2D eigenvalue weighted by Gasteiger charge is 2.50. The number of likely N-dealkylation sites (tertiary alicyclic amines) is 1. The van der Waals surface area contributed by atoms with Gasteiger partial charge in [0, 0.05) is 38.7 Å². The van der Waals surface area contributed by atoms with E-state index in [2.05, 4.69) is 20.6 Å². The number of amides is 3. The minimum atomic E-state index is -0.745. The van der Waals surface area contributed by atoms with E-state index in [1.807, 2.05) is 31.2 Å². The molecule has 1 saturated carbocycles. The molecule has 1 aromatic carbocycles. The van der Waals surface area contributed by atoms with E-state index in [9.17, 15) is 14.4 Å². The number of hydrogen-bond donors (Lipinski definition) is 3. The van der Waals surface area contributed by atoms with E-state index < -0.39 is 17.5 Å². The van der Waals surface area contributed by atoms with Crippen LogP contribution in [-0.4, -0.2) is 72.2 Å². The van der Waals surface area contributed by atoms with Crippen LogP contribution in [0.5, 0.6) is 5.75 Å². The number of methoxy groups -OCH3 is 1. The molecule has 1 aliphatic heterocycles.